The standard InChI is InChI=1S/C43H32ClN3O2S/c44-40(48)39(47-49-43(35-25-13-4-14-26-35,36-27-15-5-16-28-36)37-29-17-6-18-30-37)38-31-50-41(45-38)46-42(32-19-7-1-8-20-32,33-21-9-2-10-22-33)34-23-11-3-12-24-34/h1-31H,(H,45,46)/b47-39-. The number of thiazole rings is 1. The average Bonchev–Trinajstić information content (AvgIpc) is 3.65. The Morgan fingerprint density at radius 1 is 0.560 bits per heavy atom. The molecule has 0 bridgehead atoms. The summed E-state index contributed by atoms with van der Waals surface area (Å²) in [6.07, 6.45) is 0. The van der Waals surface area contributed by atoms with Crippen LogP contribution >= 0.6 is 22.9 Å². The van der Waals surface area contributed by atoms with Crippen LogP contribution in [0, 0.1) is 0 Å². The molecular weight excluding hydrogens is 658 g/mol. The van der Waals surface area contributed by atoms with Crippen molar-refractivity contribution >= 4 is 39.0 Å². The Labute approximate surface area is 300 Å². The molecule has 0 unspecified atom stereocenters. The van der Waals surface area contributed by atoms with Crippen molar-refractivity contribution < 1.29 is 9.63 Å². The van der Waals surface area contributed by atoms with E-state index in [0.29, 0.717) is 10.8 Å². The van der Waals surface area contributed by atoms with Crippen molar-refractivity contribution in [2.75, 3.05) is 5.32 Å². The summed E-state index contributed by atoms with van der Waals surface area (Å²) in [6, 6.07) is 60.2. The minimum absolute atomic E-state index is 0.104. The van der Waals surface area contributed by atoms with Crippen LogP contribution in [-0.2, 0) is 20.8 Å². The summed E-state index contributed by atoms with van der Waals surface area (Å²) in [5.41, 5.74) is 3.78. The highest BCUT2D eigenvalue weighted by atomic mass is 35.5. The Hall–Kier alpha value is -5.82. The minimum Gasteiger partial charge on any atom is -0.374 e. The molecule has 0 fully saturated rings. The molecule has 7 rings (SSSR count). The molecule has 6 aromatic carbocycles. The number of aromatic nitrogens is 1. The summed E-state index contributed by atoms with van der Waals surface area (Å²) in [5, 5.41) is 9.85. The molecule has 0 amide bonds. The number of carbonyl (C=O) groups excluding carboxylic acids is 1. The molecule has 0 spiro atoms. The Balaban J connectivity index is 1.34. The molecule has 0 aliphatic rings. The van der Waals surface area contributed by atoms with E-state index in [2.05, 4.69) is 46.9 Å². The van der Waals surface area contributed by atoms with Crippen LogP contribution in [0.3, 0.4) is 0 Å². The van der Waals surface area contributed by atoms with Crippen molar-refractivity contribution in [1.29, 1.82) is 0 Å². The van der Waals surface area contributed by atoms with Gasteiger partial charge in [0.1, 0.15) is 11.2 Å². The number of anilines is 1. The fraction of sp³-hybridized carbons (Fsp3) is 0.0465. The lowest BCUT2D eigenvalue weighted by molar-refractivity contribution is -0.106. The molecule has 244 valence electrons. The monoisotopic (exact) mass is 689 g/mol. The van der Waals surface area contributed by atoms with Crippen LogP contribution < -0.4 is 5.32 Å². The van der Waals surface area contributed by atoms with Gasteiger partial charge >= 0.3 is 0 Å². The van der Waals surface area contributed by atoms with Gasteiger partial charge in [-0.15, -0.1) is 11.3 Å². The maximum absolute atomic E-state index is 13.1. The highest BCUT2D eigenvalue weighted by Gasteiger charge is 2.41. The average molecular weight is 690 g/mol. The van der Waals surface area contributed by atoms with Gasteiger partial charge in [0, 0.05) is 22.1 Å². The van der Waals surface area contributed by atoms with Crippen molar-refractivity contribution in [3.05, 3.63) is 226 Å². The van der Waals surface area contributed by atoms with Gasteiger partial charge in [-0.1, -0.05) is 187 Å². The molecule has 0 aliphatic carbocycles. The lowest BCUT2D eigenvalue weighted by Crippen LogP contribution is -2.38. The van der Waals surface area contributed by atoms with Gasteiger partial charge in [0.05, 0.1) is 0 Å². The first-order chi connectivity index (χ1) is 24.6. The summed E-state index contributed by atoms with van der Waals surface area (Å²) in [5.74, 6) is 0. The molecule has 7 heteroatoms. The zero-order valence-electron chi connectivity index (χ0n) is 26.9. The molecule has 7 aromatic rings. The van der Waals surface area contributed by atoms with Gasteiger partial charge in [-0.2, -0.15) is 0 Å². The van der Waals surface area contributed by atoms with Crippen LogP contribution in [0.1, 0.15) is 39.1 Å². The number of benzene rings is 6. The highest BCUT2D eigenvalue weighted by molar-refractivity contribution is 7.14. The molecule has 0 saturated heterocycles. The Kier molecular flexibility index (Phi) is 9.65. The first-order valence-corrected chi connectivity index (χ1v) is 17.4. The van der Waals surface area contributed by atoms with Crippen LogP contribution in [0.15, 0.2) is 193 Å². The molecule has 0 saturated carbocycles. The van der Waals surface area contributed by atoms with Crippen molar-refractivity contribution in [2.45, 2.75) is 11.1 Å². The second kappa shape index (κ2) is 14.7. The summed E-state index contributed by atoms with van der Waals surface area (Å²) in [7, 11) is 0. The molecule has 5 nitrogen and oxygen atoms in total. The third kappa shape index (κ3) is 6.34. The highest BCUT2D eigenvalue weighted by Crippen LogP contribution is 2.42. The molecule has 1 heterocycles. The largest absolute Gasteiger partial charge is 0.374 e. The van der Waals surface area contributed by atoms with E-state index >= 15 is 0 Å². The SMILES string of the molecule is O=C(Cl)/C(=N\OC(c1ccccc1)(c1ccccc1)c1ccccc1)c1csc(NC(c2ccccc2)(c2ccccc2)c2ccccc2)n1. The van der Waals surface area contributed by atoms with Crippen molar-refractivity contribution in [1.82, 2.24) is 4.98 Å². The number of hydrogen-bond acceptors (Lipinski definition) is 6. The van der Waals surface area contributed by atoms with E-state index < -0.39 is 16.4 Å². The topological polar surface area (TPSA) is 63.6 Å². The number of rotatable bonds is 12. The van der Waals surface area contributed by atoms with Crippen molar-refractivity contribution in [3.63, 3.8) is 0 Å². The van der Waals surface area contributed by atoms with Gasteiger partial charge in [0.15, 0.2) is 10.8 Å². The van der Waals surface area contributed by atoms with E-state index in [1.165, 1.54) is 11.3 Å². The van der Waals surface area contributed by atoms with E-state index in [1.54, 1.807) is 5.38 Å². The summed E-state index contributed by atoms with van der Waals surface area (Å²) >= 11 is 7.63. The van der Waals surface area contributed by atoms with E-state index in [4.69, 9.17) is 21.4 Å². The zero-order valence-corrected chi connectivity index (χ0v) is 28.5. The number of carbonyl (C=O) groups is 1. The van der Waals surface area contributed by atoms with E-state index in [-0.39, 0.29) is 5.71 Å². The van der Waals surface area contributed by atoms with Gasteiger partial charge < -0.3 is 10.2 Å². The molecule has 1 aromatic heterocycles. The fourth-order valence-electron chi connectivity index (χ4n) is 6.36. The van der Waals surface area contributed by atoms with Crippen molar-refractivity contribution in [3.8, 4) is 0 Å². The molecule has 0 atom stereocenters. The second-order valence-electron chi connectivity index (χ2n) is 11.6. The van der Waals surface area contributed by atoms with E-state index in [9.17, 15) is 4.79 Å². The van der Waals surface area contributed by atoms with E-state index in [0.717, 1.165) is 33.4 Å². The van der Waals surface area contributed by atoms with Crippen LogP contribution in [-0.4, -0.2) is 15.9 Å². The van der Waals surface area contributed by atoms with Crippen LogP contribution in [0.5, 0.6) is 0 Å². The quantitative estimate of drug-likeness (QED) is 0.0600. The summed E-state index contributed by atoms with van der Waals surface area (Å²) in [6.45, 7) is 0. The predicted octanol–water partition coefficient (Wildman–Crippen LogP) is 10.0. The number of hydrogen-bond donors (Lipinski definition) is 1. The third-order valence-electron chi connectivity index (χ3n) is 8.66. The van der Waals surface area contributed by atoms with Gasteiger partial charge in [-0.3, -0.25) is 4.79 Å². The van der Waals surface area contributed by atoms with Crippen LogP contribution in [0.4, 0.5) is 5.13 Å². The van der Waals surface area contributed by atoms with Gasteiger partial charge in [0.2, 0.25) is 5.60 Å². The molecule has 50 heavy (non-hydrogen) atoms. The van der Waals surface area contributed by atoms with E-state index in [1.807, 2.05) is 146 Å². The predicted molar refractivity (Wildman–Crippen MR) is 203 cm³/mol. The van der Waals surface area contributed by atoms with Gasteiger partial charge in [-0.05, 0) is 28.3 Å². The van der Waals surface area contributed by atoms with Crippen LogP contribution in [0.25, 0.3) is 0 Å². The molecule has 0 aliphatic heterocycles. The molecular formula is C43H32ClN3O2S. The Morgan fingerprint density at radius 3 is 1.24 bits per heavy atom. The van der Waals surface area contributed by atoms with Crippen LogP contribution in [0.2, 0.25) is 0 Å². The number of nitrogens with zero attached hydrogens (tertiary/aromatic N) is 2. The zero-order chi connectivity index (χ0) is 34.2. The number of nitrogens with one attached hydrogen (secondary N) is 1. The Bertz CT molecular complexity index is 1990. The van der Waals surface area contributed by atoms with Gasteiger partial charge in [0.25, 0.3) is 5.24 Å². The lowest BCUT2D eigenvalue weighted by atomic mass is 9.77. The van der Waals surface area contributed by atoms with Gasteiger partial charge in [-0.25, -0.2) is 4.98 Å². The molecule has 0 radical (unpaired) electrons. The Morgan fingerprint density at radius 2 is 0.900 bits per heavy atom. The minimum atomic E-state index is -1.19. The maximum Gasteiger partial charge on any atom is 0.276 e. The summed E-state index contributed by atoms with van der Waals surface area (Å²) in [4.78, 5) is 24.6. The number of oxime groups is 1. The first-order valence-electron chi connectivity index (χ1n) is 16.1. The smallest absolute Gasteiger partial charge is 0.276 e. The third-order valence-corrected chi connectivity index (χ3v) is 9.60. The fourth-order valence-corrected chi connectivity index (χ4v) is 7.24. The first kappa shape index (κ1) is 32.7. The van der Waals surface area contributed by atoms with Crippen molar-refractivity contribution in [2.24, 2.45) is 5.16 Å². The lowest BCUT2D eigenvalue weighted by Gasteiger charge is -2.36. The maximum atomic E-state index is 13.1. The normalized spacial score (nSPS) is 11.9. The summed E-state index contributed by atoms with van der Waals surface area (Å²) < 4.78 is 0. The number of halogens is 1. The second-order valence-corrected chi connectivity index (χ2v) is 12.8. The molecule has 1 N–H and O–H groups in total.